The molecule has 0 bridgehead atoms. The number of Topliss-reactive ketones (excluding diaryl/α,β-unsaturated/α-hetero) is 1. The average molecular weight is 384 g/mol. The maximum Gasteiger partial charge on any atom is 0.168 e. The fraction of sp³-hybridized carbons (Fsp3) is 0.458. The summed E-state index contributed by atoms with van der Waals surface area (Å²) in [5.41, 5.74) is 9.86. The Kier molecular flexibility index (Phi) is 6.39. The third kappa shape index (κ3) is 4.12. The smallest absolute Gasteiger partial charge is 0.168 e. The Hall–Kier alpha value is -1.64. The molecule has 1 atom stereocenters. The van der Waals surface area contributed by atoms with Gasteiger partial charge in [0.2, 0.25) is 0 Å². The number of nitrogens with two attached hydrogens (primary N) is 1. The second-order valence-electron chi connectivity index (χ2n) is 7.67. The summed E-state index contributed by atoms with van der Waals surface area (Å²) < 4.78 is 0. The number of carbonyl (C=O) groups is 1. The zero-order valence-electron chi connectivity index (χ0n) is 16.4. The van der Waals surface area contributed by atoms with Crippen molar-refractivity contribution in [3.05, 3.63) is 70.2 Å². The van der Waals surface area contributed by atoms with Gasteiger partial charge in [-0.05, 0) is 67.7 Å². The largest absolute Gasteiger partial charge is 0.324 e. The molecule has 1 saturated carbocycles. The molecule has 2 aliphatic rings. The Bertz CT molecular complexity index is 775. The van der Waals surface area contributed by atoms with Crippen LogP contribution >= 0.6 is 11.6 Å². The highest BCUT2D eigenvalue weighted by Gasteiger charge is 2.44. The van der Waals surface area contributed by atoms with E-state index >= 15 is 0 Å². The number of aryl methyl sites for hydroxylation is 1. The van der Waals surface area contributed by atoms with Gasteiger partial charge in [0.25, 0.3) is 0 Å². The van der Waals surface area contributed by atoms with Crippen molar-refractivity contribution in [2.45, 2.75) is 63.8 Å². The molecule has 1 unspecified atom stereocenters. The van der Waals surface area contributed by atoms with Crippen LogP contribution in [-0.2, 0) is 6.42 Å². The third-order valence-corrected chi connectivity index (χ3v) is 6.51. The van der Waals surface area contributed by atoms with E-state index in [1.54, 1.807) is 0 Å². The van der Waals surface area contributed by atoms with E-state index in [2.05, 4.69) is 18.2 Å². The molecule has 1 fully saturated rings. The fourth-order valence-corrected chi connectivity index (χ4v) is 4.84. The molecule has 3 heteroatoms. The highest BCUT2D eigenvalue weighted by atomic mass is 35.5. The van der Waals surface area contributed by atoms with E-state index in [0.29, 0.717) is 5.92 Å². The van der Waals surface area contributed by atoms with Gasteiger partial charge in [0.15, 0.2) is 5.78 Å². The maximum atomic E-state index is 13.0. The minimum Gasteiger partial charge on any atom is -0.324 e. The van der Waals surface area contributed by atoms with Crippen LogP contribution in [0.1, 0.15) is 73.4 Å². The molecule has 0 aromatic heterocycles. The topological polar surface area (TPSA) is 43.1 Å². The molecular formula is C24H30ClNO. The van der Waals surface area contributed by atoms with Crippen molar-refractivity contribution in [2.24, 2.45) is 11.7 Å². The van der Waals surface area contributed by atoms with E-state index < -0.39 is 0 Å². The Morgan fingerprint density at radius 1 is 0.963 bits per heavy atom. The molecule has 27 heavy (non-hydrogen) atoms. The minimum atomic E-state index is -0.354. The highest BCUT2D eigenvalue weighted by Crippen LogP contribution is 2.44. The number of rotatable bonds is 2. The molecule has 2 aromatic carbocycles. The van der Waals surface area contributed by atoms with E-state index in [0.717, 1.165) is 49.1 Å². The first-order valence-corrected chi connectivity index (χ1v) is 10.6. The van der Waals surface area contributed by atoms with Gasteiger partial charge in [-0.25, -0.2) is 0 Å². The van der Waals surface area contributed by atoms with E-state index in [1.165, 1.54) is 11.1 Å². The van der Waals surface area contributed by atoms with Crippen LogP contribution in [0.4, 0.5) is 0 Å². The van der Waals surface area contributed by atoms with Crippen molar-refractivity contribution in [2.75, 3.05) is 0 Å². The summed E-state index contributed by atoms with van der Waals surface area (Å²) in [6.45, 7) is 4.00. The Morgan fingerprint density at radius 3 is 2.26 bits per heavy atom. The van der Waals surface area contributed by atoms with Gasteiger partial charge in [0.05, 0.1) is 0 Å². The van der Waals surface area contributed by atoms with Crippen LogP contribution < -0.4 is 5.73 Å². The average Bonchev–Trinajstić information content (AvgIpc) is 2.71. The Morgan fingerprint density at radius 2 is 1.59 bits per heavy atom. The molecule has 2 aliphatic carbocycles. The van der Waals surface area contributed by atoms with Gasteiger partial charge in [-0.3, -0.25) is 4.79 Å². The van der Waals surface area contributed by atoms with Crippen LogP contribution in [0.2, 0.25) is 5.02 Å². The van der Waals surface area contributed by atoms with Gasteiger partial charge < -0.3 is 5.73 Å². The van der Waals surface area contributed by atoms with Crippen molar-refractivity contribution in [1.29, 1.82) is 0 Å². The normalized spacial score (nSPS) is 27.3. The quantitative estimate of drug-likeness (QED) is 0.674. The predicted molar refractivity (Wildman–Crippen MR) is 114 cm³/mol. The first-order chi connectivity index (χ1) is 13.1. The molecule has 144 valence electrons. The van der Waals surface area contributed by atoms with Gasteiger partial charge >= 0.3 is 0 Å². The van der Waals surface area contributed by atoms with Crippen molar-refractivity contribution >= 4 is 17.4 Å². The SMILES string of the molecule is CC.NC1(C2CCc3ccccc3C2=O)CCC(c2ccc(Cl)cc2)CC1. The zero-order chi connectivity index (χ0) is 19.4. The summed E-state index contributed by atoms with van der Waals surface area (Å²) in [4.78, 5) is 13.0. The third-order valence-electron chi connectivity index (χ3n) is 6.25. The van der Waals surface area contributed by atoms with Crippen LogP contribution in [0, 0.1) is 5.92 Å². The number of carbonyl (C=O) groups excluding carboxylic acids is 1. The number of hydrogen-bond donors (Lipinski definition) is 1. The summed E-state index contributed by atoms with van der Waals surface area (Å²) in [5.74, 6) is 0.753. The summed E-state index contributed by atoms with van der Waals surface area (Å²) >= 11 is 6.00. The molecule has 0 aliphatic heterocycles. The van der Waals surface area contributed by atoms with Crippen LogP contribution in [0.15, 0.2) is 48.5 Å². The molecule has 2 aromatic rings. The van der Waals surface area contributed by atoms with Gasteiger partial charge in [0.1, 0.15) is 0 Å². The molecule has 2 nitrogen and oxygen atoms in total. The second kappa shape index (κ2) is 8.58. The monoisotopic (exact) mass is 383 g/mol. The second-order valence-corrected chi connectivity index (χ2v) is 8.11. The fourth-order valence-electron chi connectivity index (χ4n) is 4.72. The number of halogens is 1. The van der Waals surface area contributed by atoms with Crippen molar-refractivity contribution in [1.82, 2.24) is 0 Å². The molecule has 0 radical (unpaired) electrons. The molecule has 4 rings (SSSR count). The van der Waals surface area contributed by atoms with E-state index in [9.17, 15) is 4.79 Å². The van der Waals surface area contributed by atoms with Gasteiger partial charge in [0, 0.05) is 22.0 Å². The Labute approximate surface area is 168 Å². The molecule has 0 heterocycles. The minimum absolute atomic E-state index is 0.0337. The lowest BCUT2D eigenvalue weighted by Crippen LogP contribution is -2.53. The lowest BCUT2D eigenvalue weighted by Gasteiger charge is -2.44. The first kappa shape index (κ1) is 20.1. The lowest BCUT2D eigenvalue weighted by molar-refractivity contribution is 0.0767. The standard InChI is InChI=1S/C22H24ClNO.C2H6/c23-18-8-5-15(6-9-18)16-11-13-22(24,14-12-16)20-10-7-17-3-1-2-4-19(17)21(20)25;1-2/h1-6,8-9,16,20H,7,10-14,24H2;1-2H3. The number of fused-ring (bicyclic) bond motifs is 1. The molecule has 0 saturated heterocycles. The van der Waals surface area contributed by atoms with Gasteiger partial charge in [-0.15, -0.1) is 0 Å². The van der Waals surface area contributed by atoms with Crippen molar-refractivity contribution in [3.63, 3.8) is 0 Å². The molecule has 0 spiro atoms. The highest BCUT2D eigenvalue weighted by molar-refractivity contribution is 6.30. The lowest BCUT2D eigenvalue weighted by atomic mass is 9.64. The molecule has 2 N–H and O–H groups in total. The van der Waals surface area contributed by atoms with E-state index in [-0.39, 0.29) is 17.2 Å². The van der Waals surface area contributed by atoms with Crippen LogP contribution in [-0.4, -0.2) is 11.3 Å². The van der Waals surface area contributed by atoms with Crippen LogP contribution in [0.3, 0.4) is 0 Å². The molecule has 0 amide bonds. The van der Waals surface area contributed by atoms with E-state index in [4.69, 9.17) is 17.3 Å². The number of hydrogen-bond acceptors (Lipinski definition) is 2. The van der Waals surface area contributed by atoms with Crippen molar-refractivity contribution in [3.8, 4) is 0 Å². The van der Waals surface area contributed by atoms with Crippen LogP contribution in [0.5, 0.6) is 0 Å². The number of ketones is 1. The Balaban J connectivity index is 0.00000102. The zero-order valence-corrected chi connectivity index (χ0v) is 17.1. The summed E-state index contributed by atoms with van der Waals surface area (Å²) in [7, 11) is 0. The maximum absolute atomic E-state index is 13.0. The predicted octanol–water partition coefficient (Wildman–Crippen LogP) is 6.17. The van der Waals surface area contributed by atoms with E-state index in [1.807, 2.05) is 44.2 Å². The number of benzene rings is 2. The van der Waals surface area contributed by atoms with Crippen LogP contribution in [0.25, 0.3) is 0 Å². The van der Waals surface area contributed by atoms with Gasteiger partial charge in [-0.2, -0.15) is 0 Å². The van der Waals surface area contributed by atoms with Gasteiger partial charge in [-0.1, -0.05) is 61.8 Å². The summed E-state index contributed by atoms with van der Waals surface area (Å²) in [6.07, 6.45) is 5.77. The summed E-state index contributed by atoms with van der Waals surface area (Å²) in [6, 6.07) is 16.2. The summed E-state index contributed by atoms with van der Waals surface area (Å²) in [5, 5.41) is 0.777. The van der Waals surface area contributed by atoms with Crippen molar-refractivity contribution < 1.29 is 4.79 Å². The molecular weight excluding hydrogens is 354 g/mol. The first-order valence-electron chi connectivity index (χ1n) is 10.2.